The van der Waals surface area contributed by atoms with E-state index in [1.807, 2.05) is 0 Å². The Bertz CT molecular complexity index is 386. The van der Waals surface area contributed by atoms with Gasteiger partial charge in [0.1, 0.15) is 6.26 Å². The molecule has 1 aromatic rings. The summed E-state index contributed by atoms with van der Waals surface area (Å²) in [4.78, 5) is 6.88. The van der Waals surface area contributed by atoms with Crippen LogP contribution in [0.4, 0.5) is 6.01 Å². The van der Waals surface area contributed by atoms with Crippen LogP contribution in [0.3, 0.4) is 0 Å². The Morgan fingerprint density at radius 1 is 1.44 bits per heavy atom. The molecular weight excluding hydrogens is 226 g/mol. The Morgan fingerprint density at radius 2 is 2.33 bits per heavy atom. The van der Waals surface area contributed by atoms with Gasteiger partial charge in [-0.3, -0.25) is 0 Å². The predicted octanol–water partition coefficient (Wildman–Crippen LogP) is 2.55. The SMILES string of the molecule is CCCC1CCN(c2nc(CNC3CC3)co2)C1. The van der Waals surface area contributed by atoms with Gasteiger partial charge in [0.15, 0.2) is 0 Å². The molecule has 0 spiro atoms. The lowest BCUT2D eigenvalue weighted by molar-refractivity contribution is 0.515. The van der Waals surface area contributed by atoms with Gasteiger partial charge >= 0.3 is 0 Å². The normalized spacial score (nSPS) is 23.8. The van der Waals surface area contributed by atoms with Crippen LogP contribution in [0.25, 0.3) is 0 Å². The molecule has 1 saturated heterocycles. The summed E-state index contributed by atoms with van der Waals surface area (Å²) in [6.07, 6.45) is 8.32. The fraction of sp³-hybridized carbons (Fsp3) is 0.786. The molecule has 1 aliphatic heterocycles. The largest absolute Gasteiger partial charge is 0.432 e. The van der Waals surface area contributed by atoms with Crippen molar-refractivity contribution >= 4 is 6.01 Å². The lowest BCUT2D eigenvalue weighted by Gasteiger charge is -2.12. The Balaban J connectivity index is 1.52. The maximum Gasteiger partial charge on any atom is 0.297 e. The average molecular weight is 249 g/mol. The second-order valence-corrected chi connectivity index (χ2v) is 5.67. The van der Waals surface area contributed by atoms with Gasteiger partial charge in [0.05, 0.1) is 5.69 Å². The molecule has 18 heavy (non-hydrogen) atoms. The van der Waals surface area contributed by atoms with Crippen LogP contribution in [-0.2, 0) is 6.54 Å². The van der Waals surface area contributed by atoms with Crippen molar-refractivity contribution < 1.29 is 4.42 Å². The molecule has 0 radical (unpaired) electrons. The smallest absolute Gasteiger partial charge is 0.297 e. The summed E-state index contributed by atoms with van der Waals surface area (Å²) in [6.45, 7) is 5.32. The highest BCUT2D eigenvalue weighted by Gasteiger charge is 2.25. The molecule has 100 valence electrons. The molecule has 1 N–H and O–H groups in total. The first-order chi connectivity index (χ1) is 8.85. The number of aromatic nitrogens is 1. The third-order valence-electron chi connectivity index (χ3n) is 3.94. The van der Waals surface area contributed by atoms with Gasteiger partial charge in [0.2, 0.25) is 0 Å². The standard InChI is InChI=1S/C14H23N3O/c1-2-3-11-6-7-17(9-11)14-16-13(10-18-14)8-15-12-4-5-12/h10-12,15H,2-9H2,1H3. The molecule has 0 amide bonds. The van der Waals surface area contributed by atoms with Gasteiger partial charge in [-0.05, 0) is 31.6 Å². The molecule has 2 fully saturated rings. The summed E-state index contributed by atoms with van der Waals surface area (Å²) in [5.41, 5.74) is 1.04. The fourth-order valence-corrected chi connectivity index (χ4v) is 2.71. The Morgan fingerprint density at radius 3 is 3.11 bits per heavy atom. The summed E-state index contributed by atoms with van der Waals surface area (Å²) < 4.78 is 5.60. The van der Waals surface area contributed by atoms with Crippen molar-refractivity contribution in [2.75, 3.05) is 18.0 Å². The second kappa shape index (κ2) is 5.31. The number of hydrogen-bond acceptors (Lipinski definition) is 4. The van der Waals surface area contributed by atoms with Gasteiger partial charge in [-0.2, -0.15) is 4.98 Å². The molecule has 1 atom stereocenters. The van der Waals surface area contributed by atoms with E-state index < -0.39 is 0 Å². The van der Waals surface area contributed by atoms with Gasteiger partial charge < -0.3 is 14.6 Å². The Labute approximate surface area is 109 Å². The fourth-order valence-electron chi connectivity index (χ4n) is 2.71. The number of hydrogen-bond donors (Lipinski definition) is 1. The van der Waals surface area contributed by atoms with Crippen LogP contribution in [0.2, 0.25) is 0 Å². The van der Waals surface area contributed by atoms with Crippen molar-refractivity contribution in [2.45, 2.75) is 51.6 Å². The van der Waals surface area contributed by atoms with Crippen molar-refractivity contribution in [2.24, 2.45) is 5.92 Å². The maximum atomic E-state index is 5.60. The highest BCUT2D eigenvalue weighted by Crippen LogP contribution is 2.26. The summed E-state index contributed by atoms with van der Waals surface area (Å²) in [5, 5.41) is 3.46. The lowest BCUT2D eigenvalue weighted by atomic mass is 10.0. The first-order valence-electron chi connectivity index (χ1n) is 7.28. The van der Waals surface area contributed by atoms with Crippen molar-refractivity contribution in [1.29, 1.82) is 0 Å². The minimum Gasteiger partial charge on any atom is -0.432 e. The Hall–Kier alpha value is -1.03. The van der Waals surface area contributed by atoms with Crippen LogP contribution in [0.5, 0.6) is 0 Å². The second-order valence-electron chi connectivity index (χ2n) is 5.67. The highest BCUT2D eigenvalue weighted by molar-refractivity contribution is 5.29. The van der Waals surface area contributed by atoms with E-state index in [0.717, 1.165) is 43.3 Å². The molecule has 1 saturated carbocycles. The van der Waals surface area contributed by atoms with Gasteiger partial charge in [-0.25, -0.2) is 0 Å². The molecule has 2 heterocycles. The van der Waals surface area contributed by atoms with E-state index in [0.29, 0.717) is 0 Å². The van der Waals surface area contributed by atoms with Crippen molar-refractivity contribution in [1.82, 2.24) is 10.3 Å². The monoisotopic (exact) mass is 249 g/mol. The van der Waals surface area contributed by atoms with E-state index in [1.54, 1.807) is 6.26 Å². The summed E-state index contributed by atoms with van der Waals surface area (Å²) >= 11 is 0. The number of nitrogens with one attached hydrogen (secondary N) is 1. The Kier molecular flexibility index (Phi) is 3.55. The van der Waals surface area contributed by atoms with E-state index in [4.69, 9.17) is 4.42 Å². The van der Waals surface area contributed by atoms with Crippen LogP contribution >= 0.6 is 0 Å². The van der Waals surface area contributed by atoms with Crippen LogP contribution in [0.15, 0.2) is 10.7 Å². The predicted molar refractivity (Wildman–Crippen MR) is 71.6 cm³/mol. The maximum absolute atomic E-state index is 5.60. The highest BCUT2D eigenvalue weighted by atomic mass is 16.4. The average Bonchev–Trinajstić information content (AvgIpc) is 2.90. The van der Waals surface area contributed by atoms with Gasteiger partial charge in [-0.1, -0.05) is 13.3 Å². The number of oxazole rings is 1. The third kappa shape index (κ3) is 2.86. The van der Waals surface area contributed by atoms with Gasteiger partial charge in [0, 0.05) is 25.7 Å². The van der Waals surface area contributed by atoms with Crippen molar-refractivity contribution in [3.05, 3.63) is 12.0 Å². The molecule has 1 aliphatic carbocycles. The molecular formula is C14H23N3O. The zero-order valence-corrected chi connectivity index (χ0v) is 11.2. The van der Waals surface area contributed by atoms with Crippen molar-refractivity contribution in [3.8, 4) is 0 Å². The molecule has 1 aromatic heterocycles. The first kappa shape index (κ1) is 12.0. The van der Waals surface area contributed by atoms with E-state index in [1.165, 1.54) is 32.1 Å². The molecule has 3 rings (SSSR count). The van der Waals surface area contributed by atoms with E-state index in [2.05, 4.69) is 22.1 Å². The molecule has 2 aliphatic rings. The van der Waals surface area contributed by atoms with Gasteiger partial charge in [-0.15, -0.1) is 0 Å². The first-order valence-corrected chi connectivity index (χ1v) is 7.28. The van der Waals surface area contributed by atoms with E-state index >= 15 is 0 Å². The van der Waals surface area contributed by atoms with Crippen LogP contribution in [-0.4, -0.2) is 24.1 Å². The number of rotatable bonds is 6. The molecule has 0 aromatic carbocycles. The number of nitrogens with zero attached hydrogens (tertiary/aromatic N) is 2. The topological polar surface area (TPSA) is 41.3 Å². The quantitative estimate of drug-likeness (QED) is 0.841. The van der Waals surface area contributed by atoms with Crippen molar-refractivity contribution in [3.63, 3.8) is 0 Å². The van der Waals surface area contributed by atoms with E-state index in [-0.39, 0.29) is 0 Å². The molecule has 4 heteroatoms. The summed E-state index contributed by atoms with van der Waals surface area (Å²) in [7, 11) is 0. The number of anilines is 1. The minimum absolute atomic E-state index is 0.728. The van der Waals surface area contributed by atoms with Gasteiger partial charge in [0.25, 0.3) is 6.01 Å². The van der Waals surface area contributed by atoms with Crippen LogP contribution in [0.1, 0.15) is 44.7 Å². The molecule has 0 bridgehead atoms. The molecule has 1 unspecified atom stereocenters. The van der Waals surface area contributed by atoms with Crippen LogP contribution < -0.4 is 10.2 Å². The zero-order chi connectivity index (χ0) is 12.4. The lowest BCUT2D eigenvalue weighted by Crippen LogP contribution is -2.20. The molecule has 4 nitrogen and oxygen atoms in total. The third-order valence-corrected chi connectivity index (χ3v) is 3.94. The van der Waals surface area contributed by atoms with E-state index in [9.17, 15) is 0 Å². The minimum atomic E-state index is 0.728. The summed E-state index contributed by atoms with van der Waals surface area (Å²) in [6, 6.07) is 1.55. The zero-order valence-electron chi connectivity index (χ0n) is 11.2. The van der Waals surface area contributed by atoms with Crippen LogP contribution in [0, 0.1) is 5.92 Å². The summed E-state index contributed by atoms with van der Waals surface area (Å²) in [5.74, 6) is 0.829.